The molecular weight excluding hydrogens is 372 g/mol. The Morgan fingerprint density at radius 3 is 2.73 bits per heavy atom. The lowest BCUT2D eigenvalue weighted by Crippen LogP contribution is -2.61. The van der Waals surface area contributed by atoms with Crippen molar-refractivity contribution in [3.05, 3.63) is 84.6 Å². The summed E-state index contributed by atoms with van der Waals surface area (Å²) in [5, 5.41) is 13.5. The van der Waals surface area contributed by atoms with E-state index in [4.69, 9.17) is 4.74 Å². The van der Waals surface area contributed by atoms with Crippen molar-refractivity contribution in [1.82, 2.24) is 9.88 Å². The summed E-state index contributed by atoms with van der Waals surface area (Å²) < 4.78 is 5.49. The molecule has 0 radical (unpaired) electrons. The number of hydrogen-bond acceptors (Lipinski definition) is 4. The zero-order chi connectivity index (χ0) is 20.7. The van der Waals surface area contributed by atoms with Crippen LogP contribution >= 0.6 is 0 Å². The van der Waals surface area contributed by atoms with Crippen LogP contribution in [0.2, 0.25) is 0 Å². The highest BCUT2D eigenvalue weighted by molar-refractivity contribution is 5.85. The molecule has 0 saturated carbocycles. The van der Waals surface area contributed by atoms with Gasteiger partial charge in [0.2, 0.25) is 0 Å². The van der Waals surface area contributed by atoms with Gasteiger partial charge in [-0.15, -0.1) is 6.58 Å². The molecule has 1 N–H and O–H groups in total. The molecule has 3 fully saturated rings. The van der Waals surface area contributed by atoms with E-state index in [1.165, 1.54) is 6.42 Å². The normalized spacial score (nSPS) is 27.5. The van der Waals surface area contributed by atoms with Gasteiger partial charge >= 0.3 is 0 Å². The summed E-state index contributed by atoms with van der Waals surface area (Å²) in [5.41, 5.74) is 1.54. The molecule has 30 heavy (non-hydrogen) atoms. The first kappa shape index (κ1) is 19.3. The third kappa shape index (κ3) is 2.94. The van der Waals surface area contributed by atoms with Gasteiger partial charge in [-0.05, 0) is 61.1 Å². The van der Waals surface area contributed by atoms with Crippen LogP contribution in [-0.2, 0) is 5.60 Å². The Morgan fingerprint density at radius 1 is 1.20 bits per heavy atom. The molecule has 2 aromatic carbocycles. The number of fused-ring (bicyclic) bond motifs is 4. The minimum Gasteiger partial charge on any atom is -0.497 e. The summed E-state index contributed by atoms with van der Waals surface area (Å²) in [6.45, 7) is 6.03. The smallest absolute Gasteiger partial charge is 0.131 e. The molecule has 4 heterocycles. The van der Waals surface area contributed by atoms with Crippen LogP contribution in [0.4, 0.5) is 0 Å². The van der Waals surface area contributed by atoms with Crippen LogP contribution in [0.3, 0.4) is 0 Å². The molecule has 2 bridgehead atoms. The van der Waals surface area contributed by atoms with Gasteiger partial charge in [0.25, 0.3) is 0 Å². The van der Waals surface area contributed by atoms with Crippen LogP contribution < -0.4 is 4.74 Å². The molecule has 1 aromatic heterocycles. The van der Waals surface area contributed by atoms with E-state index in [0.29, 0.717) is 11.8 Å². The van der Waals surface area contributed by atoms with Gasteiger partial charge in [-0.3, -0.25) is 9.88 Å². The first-order valence-corrected chi connectivity index (χ1v) is 10.7. The highest BCUT2D eigenvalue weighted by atomic mass is 16.5. The summed E-state index contributed by atoms with van der Waals surface area (Å²) >= 11 is 0. The van der Waals surface area contributed by atoms with Crippen LogP contribution in [0.25, 0.3) is 10.9 Å². The lowest BCUT2D eigenvalue weighted by Gasteiger charge is -2.54. The van der Waals surface area contributed by atoms with Gasteiger partial charge in [-0.2, -0.15) is 0 Å². The number of aliphatic hydroxyl groups is 1. The highest BCUT2D eigenvalue weighted by Gasteiger charge is 2.50. The van der Waals surface area contributed by atoms with E-state index < -0.39 is 5.60 Å². The topological polar surface area (TPSA) is 45.6 Å². The Kier molecular flexibility index (Phi) is 4.84. The molecule has 5 atom stereocenters. The van der Waals surface area contributed by atoms with Crippen molar-refractivity contribution >= 4 is 10.9 Å². The fraction of sp³-hybridized carbons (Fsp3) is 0.346. The summed E-state index contributed by atoms with van der Waals surface area (Å²) in [6, 6.07) is 18.0. The van der Waals surface area contributed by atoms with Gasteiger partial charge in [0, 0.05) is 29.7 Å². The molecule has 4 heteroatoms. The summed E-state index contributed by atoms with van der Waals surface area (Å²) in [4.78, 5) is 7.01. The molecule has 154 valence electrons. The van der Waals surface area contributed by atoms with E-state index in [0.717, 1.165) is 47.3 Å². The minimum atomic E-state index is -1.14. The Morgan fingerprint density at radius 2 is 2.03 bits per heavy atom. The molecule has 3 aliphatic heterocycles. The first-order valence-electron chi connectivity index (χ1n) is 10.7. The van der Waals surface area contributed by atoms with Gasteiger partial charge in [0.1, 0.15) is 11.4 Å². The number of ether oxygens (including phenoxy) is 1. The maximum atomic E-state index is 12.6. The average molecular weight is 401 g/mol. The van der Waals surface area contributed by atoms with Crippen LogP contribution in [0.1, 0.15) is 24.0 Å². The third-order valence-electron chi connectivity index (χ3n) is 7.16. The molecule has 0 amide bonds. The number of hydrogen-bond donors (Lipinski definition) is 1. The standard InChI is InChI=1S/C26H28N2O2/c1-3-18-17-28-14-12-19(18)15-25(28)26(29,20-7-5-4-6-8-20)23-11-13-27-24-10-9-21(30-2)16-22(23)24/h3-11,13,16,18-19,25,29H,1,12,14-15,17H2,2H3/t18-,19-,25-,26+/m0/s1. The summed E-state index contributed by atoms with van der Waals surface area (Å²) in [7, 11) is 1.67. The van der Waals surface area contributed by atoms with Crippen molar-refractivity contribution in [1.29, 1.82) is 0 Å². The number of aromatic nitrogens is 1. The molecule has 1 unspecified atom stereocenters. The highest BCUT2D eigenvalue weighted by Crippen LogP contribution is 2.47. The Hall–Kier alpha value is -2.69. The van der Waals surface area contributed by atoms with E-state index in [2.05, 4.69) is 22.5 Å². The van der Waals surface area contributed by atoms with Crippen LogP contribution in [0, 0.1) is 11.8 Å². The van der Waals surface area contributed by atoms with Crippen molar-refractivity contribution in [3.8, 4) is 5.75 Å². The molecule has 0 spiro atoms. The van der Waals surface area contributed by atoms with Crippen LogP contribution in [0.15, 0.2) is 73.4 Å². The second-order valence-corrected chi connectivity index (χ2v) is 8.57. The molecular formula is C26H28N2O2. The van der Waals surface area contributed by atoms with Gasteiger partial charge in [-0.25, -0.2) is 0 Å². The maximum Gasteiger partial charge on any atom is 0.131 e. The zero-order valence-corrected chi connectivity index (χ0v) is 17.4. The van der Waals surface area contributed by atoms with Crippen molar-refractivity contribution in [2.75, 3.05) is 20.2 Å². The zero-order valence-electron chi connectivity index (χ0n) is 17.4. The summed E-state index contributed by atoms with van der Waals surface area (Å²) in [6.07, 6.45) is 6.03. The number of pyridine rings is 1. The second kappa shape index (κ2) is 7.53. The van der Waals surface area contributed by atoms with Gasteiger partial charge in [-0.1, -0.05) is 36.4 Å². The largest absolute Gasteiger partial charge is 0.497 e. The fourth-order valence-corrected chi connectivity index (χ4v) is 5.57. The van der Waals surface area contributed by atoms with Crippen molar-refractivity contribution < 1.29 is 9.84 Å². The lowest BCUT2D eigenvalue weighted by molar-refractivity contribution is -0.0867. The number of methoxy groups -OCH3 is 1. The molecule has 3 saturated heterocycles. The van der Waals surface area contributed by atoms with E-state index >= 15 is 0 Å². The lowest BCUT2D eigenvalue weighted by atomic mass is 9.67. The predicted octanol–water partition coefficient (Wildman–Crippen LogP) is 4.38. The Balaban J connectivity index is 1.72. The number of benzene rings is 2. The van der Waals surface area contributed by atoms with Crippen molar-refractivity contribution in [2.24, 2.45) is 11.8 Å². The number of piperidine rings is 3. The van der Waals surface area contributed by atoms with Crippen LogP contribution in [0.5, 0.6) is 5.75 Å². The van der Waals surface area contributed by atoms with Gasteiger partial charge in [0.15, 0.2) is 0 Å². The Labute approximate surface area is 177 Å². The molecule has 6 rings (SSSR count). The SMILES string of the molecule is C=C[C@H]1CN2CC[C@H]1C[C@H]2[C@@](O)(c1ccccc1)c1ccnc2ccc(OC)cc12. The molecule has 3 aliphatic rings. The van der Waals surface area contributed by atoms with Gasteiger partial charge < -0.3 is 9.84 Å². The van der Waals surface area contributed by atoms with E-state index in [1.807, 2.05) is 54.6 Å². The number of rotatable bonds is 5. The minimum absolute atomic E-state index is 0.00616. The van der Waals surface area contributed by atoms with Gasteiger partial charge in [0.05, 0.1) is 12.6 Å². The molecule has 4 nitrogen and oxygen atoms in total. The molecule has 3 aromatic rings. The second-order valence-electron chi connectivity index (χ2n) is 8.57. The van der Waals surface area contributed by atoms with E-state index in [9.17, 15) is 5.11 Å². The number of nitrogens with zero attached hydrogens (tertiary/aromatic N) is 2. The van der Waals surface area contributed by atoms with Crippen molar-refractivity contribution in [2.45, 2.75) is 24.5 Å². The monoisotopic (exact) mass is 400 g/mol. The first-order chi connectivity index (χ1) is 14.6. The van der Waals surface area contributed by atoms with E-state index in [-0.39, 0.29) is 6.04 Å². The molecule has 0 aliphatic carbocycles. The third-order valence-corrected chi connectivity index (χ3v) is 7.16. The average Bonchev–Trinajstić information content (AvgIpc) is 2.83. The fourth-order valence-electron chi connectivity index (χ4n) is 5.57. The quantitative estimate of drug-likeness (QED) is 0.646. The predicted molar refractivity (Wildman–Crippen MR) is 120 cm³/mol. The van der Waals surface area contributed by atoms with Crippen LogP contribution in [-0.4, -0.2) is 41.2 Å². The Bertz CT molecular complexity index is 1070. The summed E-state index contributed by atoms with van der Waals surface area (Å²) in [5.74, 6) is 1.84. The maximum absolute atomic E-state index is 12.6. The van der Waals surface area contributed by atoms with Crippen molar-refractivity contribution in [3.63, 3.8) is 0 Å². The van der Waals surface area contributed by atoms with E-state index in [1.54, 1.807) is 13.3 Å².